The Hall–Kier alpha value is -2.49. The predicted octanol–water partition coefficient (Wildman–Crippen LogP) is 3.26. The standard InChI is InChI=1S/C24H40N6O3/c1-3-5-14-30(20-21-10-8-7-9-11-21)23-27-22(28-24(29-23)33-15-6-4-2)26-13-17-32-19-18-31-16-12-25/h7-11H,3-6,12-20,25H2,1-2H3,(H,26,27,28,29). The van der Waals surface area contributed by atoms with E-state index >= 15 is 0 Å². The van der Waals surface area contributed by atoms with Gasteiger partial charge in [-0.1, -0.05) is 57.0 Å². The highest BCUT2D eigenvalue weighted by molar-refractivity contribution is 5.39. The molecule has 184 valence electrons. The minimum Gasteiger partial charge on any atom is -0.463 e. The van der Waals surface area contributed by atoms with Crippen LogP contribution in [0, 0.1) is 0 Å². The minimum atomic E-state index is 0.349. The number of anilines is 2. The Morgan fingerprint density at radius 1 is 0.879 bits per heavy atom. The zero-order chi connectivity index (χ0) is 23.6. The highest BCUT2D eigenvalue weighted by atomic mass is 16.5. The monoisotopic (exact) mass is 460 g/mol. The lowest BCUT2D eigenvalue weighted by Gasteiger charge is -2.23. The third-order valence-corrected chi connectivity index (χ3v) is 4.78. The van der Waals surface area contributed by atoms with Gasteiger partial charge in [0.15, 0.2) is 0 Å². The molecule has 0 amide bonds. The van der Waals surface area contributed by atoms with Crippen LogP contribution in [-0.4, -0.2) is 67.6 Å². The second-order valence-corrected chi connectivity index (χ2v) is 7.64. The molecule has 1 aromatic heterocycles. The van der Waals surface area contributed by atoms with Crippen LogP contribution in [0.2, 0.25) is 0 Å². The number of ether oxygens (including phenoxy) is 3. The van der Waals surface area contributed by atoms with Crippen LogP contribution in [0.4, 0.5) is 11.9 Å². The molecule has 9 nitrogen and oxygen atoms in total. The lowest BCUT2D eigenvalue weighted by Crippen LogP contribution is -2.27. The molecule has 2 rings (SSSR count). The van der Waals surface area contributed by atoms with Gasteiger partial charge in [0.2, 0.25) is 11.9 Å². The first-order chi connectivity index (χ1) is 16.3. The van der Waals surface area contributed by atoms with Crippen LogP contribution in [0.1, 0.15) is 45.1 Å². The van der Waals surface area contributed by atoms with Crippen LogP contribution in [0.15, 0.2) is 30.3 Å². The molecule has 1 aromatic carbocycles. The van der Waals surface area contributed by atoms with E-state index in [1.807, 2.05) is 18.2 Å². The van der Waals surface area contributed by atoms with E-state index in [9.17, 15) is 0 Å². The molecular weight excluding hydrogens is 420 g/mol. The summed E-state index contributed by atoms with van der Waals surface area (Å²) in [7, 11) is 0. The summed E-state index contributed by atoms with van der Waals surface area (Å²) in [4.78, 5) is 16.0. The van der Waals surface area contributed by atoms with Crippen LogP contribution >= 0.6 is 0 Å². The van der Waals surface area contributed by atoms with Gasteiger partial charge < -0.3 is 30.2 Å². The summed E-state index contributed by atoms with van der Waals surface area (Å²) in [5.74, 6) is 1.11. The predicted molar refractivity (Wildman–Crippen MR) is 132 cm³/mol. The molecule has 2 aromatic rings. The van der Waals surface area contributed by atoms with Gasteiger partial charge in [-0.25, -0.2) is 0 Å². The van der Waals surface area contributed by atoms with Crippen molar-refractivity contribution in [1.82, 2.24) is 15.0 Å². The molecule has 0 saturated carbocycles. The van der Waals surface area contributed by atoms with E-state index in [0.717, 1.165) is 38.8 Å². The molecule has 9 heteroatoms. The SMILES string of the molecule is CCCCOc1nc(NCCOCCOCCN)nc(N(CCCC)Cc2ccccc2)n1. The van der Waals surface area contributed by atoms with Crippen molar-refractivity contribution in [2.24, 2.45) is 5.73 Å². The second kappa shape index (κ2) is 17.0. The molecule has 0 fully saturated rings. The summed E-state index contributed by atoms with van der Waals surface area (Å²) in [5.41, 5.74) is 6.61. The molecule has 0 aliphatic carbocycles. The van der Waals surface area contributed by atoms with Crippen molar-refractivity contribution < 1.29 is 14.2 Å². The molecule has 0 spiro atoms. The number of rotatable bonds is 19. The van der Waals surface area contributed by atoms with Crippen LogP contribution < -0.4 is 20.7 Å². The zero-order valence-corrected chi connectivity index (χ0v) is 20.2. The summed E-state index contributed by atoms with van der Waals surface area (Å²) in [6.45, 7) is 9.69. The molecule has 0 bridgehead atoms. The van der Waals surface area contributed by atoms with Gasteiger partial charge >= 0.3 is 6.01 Å². The second-order valence-electron chi connectivity index (χ2n) is 7.64. The molecule has 0 atom stereocenters. The highest BCUT2D eigenvalue weighted by Crippen LogP contribution is 2.18. The van der Waals surface area contributed by atoms with E-state index in [2.05, 4.69) is 51.1 Å². The van der Waals surface area contributed by atoms with Crippen LogP contribution in [0.25, 0.3) is 0 Å². The Kier molecular flexibility index (Phi) is 13.8. The van der Waals surface area contributed by atoms with Crippen molar-refractivity contribution in [3.05, 3.63) is 35.9 Å². The van der Waals surface area contributed by atoms with E-state index in [4.69, 9.17) is 19.9 Å². The Morgan fingerprint density at radius 3 is 2.36 bits per heavy atom. The maximum absolute atomic E-state index is 5.83. The summed E-state index contributed by atoms with van der Waals surface area (Å²) in [5, 5.41) is 3.24. The van der Waals surface area contributed by atoms with Crippen molar-refractivity contribution in [2.75, 3.05) is 62.9 Å². The Labute approximate surface area is 198 Å². The first-order valence-electron chi connectivity index (χ1n) is 12.0. The van der Waals surface area contributed by atoms with E-state index in [1.165, 1.54) is 5.56 Å². The van der Waals surface area contributed by atoms with Gasteiger partial charge in [0, 0.05) is 26.2 Å². The van der Waals surface area contributed by atoms with Gasteiger partial charge in [-0.05, 0) is 18.4 Å². The lowest BCUT2D eigenvalue weighted by atomic mass is 10.2. The molecule has 0 aliphatic heterocycles. The fourth-order valence-corrected chi connectivity index (χ4v) is 2.98. The van der Waals surface area contributed by atoms with Crippen molar-refractivity contribution in [1.29, 1.82) is 0 Å². The molecule has 0 radical (unpaired) electrons. The van der Waals surface area contributed by atoms with Crippen molar-refractivity contribution in [3.8, 4) is 6.01 Å². The number of hydrogen-bond donors (Lipinski definition) is 2. The van der Waals surface area contributed by atoms with Gasteiger partial charge in [-0.3, -0.25) is 0 Å². The van der Waals surface area contributed by atoms with E-state index in [1.54, 1.807) is 0 Å². The number of hydrogen-bond acceptors (Lipinski definition) is 9. The third kappa shape index (κ3) is 11.3. The van der Waals surface area contributed by atoms with Gasteiger partial charge in [-0.2, -0.15) is 15.0 Å². The van der Waals surface area contributed by atoms with E-state index in [0.29, 0.717) is 64.0 Å². The molecular formula is C24H40N6O3. The Bertz CT molecular complexity index is 750. The normalized spacial score (nSPS) is 10.9. The Morgan fingerprint density at radius 2 is 1.64 bits per heavy atom. The quantitative estimate of drug-likeness (QED) is 0.305. The van der Waals surface area contributed by atoms with Crippen LogP contribution in [0.3, 0.4) is 0 Å². The van der Waals surface area contributed by atoms with Gasteiger partial charge in [-0.15, -0.1) is 0 Å². The van der Waals surface area contributed by atoms with Crippen molar-refractivity contribution in [3.63, 3.8) is 0 Å². The van der Waals surface area contributed by atoms with Gasteiger partial charge in [0.1, 0.15) is 0 Å². The molecule has 33 heavy (non-hydrogen) atoms. The first kappa shape index (κ1) is 26.8. The number of benzene rings is 1. The third-order valence-electron chi connectivity index (χ3n) is 4.78. The lowest BCUT2D eigenvalue weighted by molar-refractivity contribution is 0.0547. The van der Waals surface area contributed by atoms with Crippen molar-refractivity contribution in [2.45, 2.75) is 46.1 Å². The summed E-state index contributed by atoms with van der Waals surface area (Å²) in [6, 6.07) is 10.7. The molecule has 3 N–H and O–H groups in total. The highest BCUT2D eigenvalue weighted by Gasteiger charge is 2.15. The molecule has 0 unspecified atom stereocenters. The topological polar surface area (TPSA) is 108 Å². The Balaban J connectivity index is 2.05. The number of nitrogens with two attached hydrogens (primary N) is 1. The fraction of sp³-hybridized carbons (Fsp3) is 0.625. The van der Waals surface area contributed by atoms with E-state index in [-0.39, 0.29) is 0 Å². The number of unbranched alkanes of at least 4 members (excludes halogenated alkanes) is 2. The fourth-order valence-electron chi connectivity index (χ4n) is 2.98. The number of nitrogens with zero attached hydrogens (tertiary/aromatic N) is 4. The molecule has 0 saturated heterocycles. The van der Waals surface area contributed by atoms with Gasteiger partial charge in [0.25, 0.3) is 0 Å². The van der Waals surface area contributed by atoms with Crippen LogP contribution in [0.5, 0.6) is 6.01 Å². The first-order valence-corrected chi connectivity index (χ1v) is 12.0. The van der Waals surface area contributed by atoms with Crippen molar-refractivity contribution >= 4 is 11.9 Å². The molecule has 0 aliphatic rings. The summed E-state index contributed by atoms with van der Waals surface area (Å²) < 4.78 is 16.7. The summed E-state index contributed by atoms with van der Waals surface area (Å²) in [6.07, 6.45) is 4.14. The number of aromatic nitrogens is 3. The smallest absolute Gasteiger partial charge is 0.323 e. The number of nitrogens with one attached hydrogen (secondary N) is 1. The minimum absolute atomic E-state index is 0.349. The zero-order valence-electron chi connectivity index (χ0n) is 20.2. The van der Waals surface area contributed by atoms with E-state index < -0.39 is 0 Å². The maximum Gasteiger partial charge on any atom is 0.323 e. The maximum atomic E-state index is 5.83. The largest absolute Gasteiger partial charge is 0.463 e. The molecule has 1 heterocycles. The van der Waals surface area contributed by atoms with Crippen LogP contribution in [-0.2, 0) is 16.0 Å². The average Bonchev–Trinajstić information content (AvgIpc) is 2.84. The van der Waals surface area contributed by atoms with Gasteiger partial charge in [0.05, 0.1) is 33.0 Å². The average molecular weight is 461 g/mol. The summed E-state index contributed by atoms with van der Waals surface area (Å²) >= 11 is 0.